The molecule has 0 saturated heterocycles. The molecule has 2 aromatic carbocycles. The minimum Gasteiger partial charge on any atom is -0.504 e. The van der Waals surface area contributed by atoms with E-state index < -0.39 is 0 Å². The minimum atomic E-state index is -0.0678. The quantitative estimate of drug-likeness (QED) is 0.510. The minimum absolute atomic E-state index is 0.0397. The van der Waals surface area contributed by atoms with Gasteiger partial charge in [0, 0.05) is 36.1 Å². The lowest BCUT2D eigenvalue weighted by atomic mass is 10.1. The van der Waals surface area contributed by atoms with Gasteiger partial charge in [-0.1, -0.05) is 19.9 Å². The van der Waals surface area contributed by atoms with Crippen molar-refractivity contribution in [3.8, 4) is 11.5 Å². The van der Waals surface area contributed by atoms with E-state index in [0.717, 1.165) is 48.8 Å². The Labute approximate surface area is 206 Å². The molecular weight excluding hydrogens is 442 g/mol. The lowest BCUT2D eigenvalue weighted by Crippen LogP contribution is -2.39. The summed E-state index contributed by atoms with van der Waals surface area (Å²) in [4.78, 5) is 21.6. The van der Waals surface area contributed by atoms with Crippen molar-refractivity contribution in [2.45, 2.75) is 26.3 Å². The van der Waals surface area contributed by atoms with Crippen molar-refractivity contribution in [2.75, 3.05) is 38.6 Å². The van der Waals surface area contributed by atoms with Gasteiger partial charge < -0.3 is 30.3 Å². The number of phenolic OH excluding ortho intramolecular Hbond substituents is 1. The van der Waals surface area contributed by atoms with Gasteiger partial charge in [0.05, 0.1) is 25.0 Å². The molecule has 2 aromatic rings. The fourth-order valence-corrected chi connectivity index (χ4v) is 4.29. The van der Waals surface area contributed by atoms with Gasteiger partial charge in [-0.3, -0.25) is 4.79 Å². The van der Waals surface area contributed by atoms with Gasteiger partial charge >= 0.3 is 0 Å². The highest BCUT2D eigenvalue weighted by atomic mass is 16.5. The number of phenols is 1. The number of anilines is 1. The Morgan fingerprint density at radius 3 is 2.69 bits per heavy atom. The maximum atomic E-state index is 12.5. The fraction of sp³-hybridized carbons (Fsp3) is 0.333. The van der Waals surface area contributed by atoms with E-state index in [9.17, 15) is 9.90 Å². The summed E-state index contributed by atoms with van der Waals surface area (Å²) in [5.74, 6) is 1.30. The highest BCUT2D eigenvalue weighted by molar-refractivity contribution is 6.03. The number of amides is 1. The molecular formula is C27H33N5O3. The van der Waals surface area contributed by atoms with Gasteiger partial charge in [0.15, 0.2) is 11.5 Å². The molecule has 0 radical (unpaired) electrons. The number of rotatable bonds is 9. The molecule has 4 rings (SSSR count). The van der Waals surface area contributed by atoms with Crippen LogP contribution in [-0.4, -0.2) is 66.0 Å². The summed E-state index contributed by atoms with van der Waals surface area (Å²) in [5, 5.41) is 16.3. The van der Waals surface area contributed by atoms with E-state index in [4.69, 9.17) is 9.73 Å². The average molecular weight is 476 g/mol. The van der Waals surface area contributed by atoms with Crippen LogP contribution in [0.1, 0.15) is 36.2 Å². The van der Waals surface area contributed by atoms with Gasteiger partial charge in [-0.2, -0.15) is 0 Å². The van der Waals surface area contributed by atoms with Crippen molar-refractivity contribution in [3.63, 3.8) is 0 Å². The largest absolute Gasteiger partial charge is 0.504 e. The second kappa shape index (κ2) is 11.1. The summed E-state index contributed by atoms with van der Waals surface area (Å²) in [7, 11) is 1.54. The van der Waals surface area contributed by atoms with E-state index in [1.807, 2.05) is 42.6 Å². The number of methoxy groups -OCH3 is 1. The van der Waals surface area contributed by atoms with Crippen molar-refractivity contribution in [2.24, 2.45) is 4.99 Å². The van der Waals surface area contributed by atoms with Gasteiger partial charge in [0.25, 0.3) is 5.91 Å². The SMILES string of the molecule is CCN(CC)CCNC(=O)c1ccc(NC2=NC=C(c3ccc(O)c(OC)c3)N3C=CCC23)cc1. The van der Waals surface area contributed by atoms with Crippen LogP contribution in [0.25, 0.3) is 5.70 Å². The van der Waals surface area contributed by atoms with Crippen LogP contribution in [0.3, 0.4) is 0 Å². The Balaban J connectivity index is 1.43. The molecule has 0 saturated carbocycles. The third-order valence-electron chi connectivity index (χ3n) is 6.38. The van der Waals surface area contributed by atoms with E-state index >= 15 is 0 Å². The highest BCUT2D eigenvalue weighted by Crippen LogP contribution is 2.35. The summed E-state index contributed by atoms with van der Waals surface area (Å²) in [6.45, 7) is 7.67. The number of amidine groups is 1. The lowest BCUT2D eigenvalue weighted by molar-refractivity contribution is 0.0949. The average Bonchev–Trinajstić information content (AvgIpc) is 3.38. The number of benzene rings is 2. The molecule has 8 nitrogen and oxygen atoms in total. The molecule has 2 heterocycles. The third kappa shape index (κ3) is 5.49. The van der Waals surface area contributed by atoms with Gasteiger partial charge in [-0.05, 0) is 62.0 Å². The number of nitrogens with one attached hydrogen (secondary N) is 2. The molecule has 0 bridgehead atoms. The third-order valence-corrected chi connectivity index (χ3v) is 6.38. The molecule has 0 fully saturated rings. The highest BCUT2D eigenvalue weighted by Gasteiger charge is 2.31. The van der Waals surface area contributed by atoms with Crippen LogP contribution in [0.15, 0.2) is 65.9 Å². The molecule has 2 aliphatic rings. The summed E-state index contributed by atoms with van der Waals surface area (Å²) >= 11 is 0. The first-order chi connectivity index (χ1) is 17.0. The van der Waals surface area contributed by atoms with Gasteiger partial charge in [-0.15, -0.1) is 0 Å². The van der Waals surface area contributed by atoms with Crippen LogP contribution in [0.5, 0.6) is 11.5 Å². The van der Waals surface area contributed by atoms with Crippen LogP contribution < -0.4 is 15.4 Å². The molecule has 2 aliphatic heterocycles. The second-order valence-corrected chi connectivity index (χ2v) is 8.44. The first kappa shape index (κ1) is 24.3. The van der Waals surface area contributed by atoms with E-state index in [-0.39, 0.29) is 17.7 Å². The number of hydrogen-bond donors (Lipinski definition) is 3. The number of nitrogens with zero attached hydrogens (tertiary/aromatic N) is 3. The summed E-state index contributed by atoms with van der Waals surface area (Å²) < 4.78 is 5.26. The van der Waals surface area contributed by atoms with Crippen LogP contribution in [0.2, 0.25) is 0 Å². The summed E-state index contributed by atoms with van der Waals surface area (Å²) in [6.07, 6.45) is 6.81. The first-order valence-electron chi connectivity index (χ1n) is 12.0. The van der Waals surface area contributed by atoms with Crippen LogP contribution >= 0.6 is 0 Å². The Morgan fingerprint density at radius 2 is 1.97 bits per heavy atom. The predicted molar refractivity (Wildman–Crippen MR) is 140 cm³/mol. The molecule has 0 spiro atoms. The fourth-order valence-electron chi connectivity index (χ4n) is 4.29. The predicted octanol–water partition coefficient (Wildman–Crippen LogP) is 3.88. The molecule has 1 atom stereocenters. The molecule has 1 unspecified atom stereocenters. The van der Waals surface area contributed by atoms with Crippen molar-refractivity contribution in [1.82, 2.24) is 15.1 Å². The zero-order valence-corrected chi connectivity index (χ0v) is 20.5. The monoisotopic (exact) mass is 475 g/mol. The molecule has 184 valence electrons. The van der Waals surface area contributed by atoms with Crippen molar-refractivity contribution in [3.05, 3.63) is 72.1 Å². The van der Waals surface area contributed by atoms with Crippen molar-refractivity contribution < 1.29 is 14.6 Å². The lowest BCUT2D eigenvalue weighted by Gasteiger charge is -2.32. The van der Waals surface area contributed by atoms with E-state index in [1.165, 1.54) is 7.11 Å². The number of aromatic hydroxyl groups is 1. The van der Waals surface area contributed by atoms with Crippen molar-refractivity contribution >= 4 is 23.1 Å². The molecule has 35 heavy (non-hydrogen) atoms. The Kier molecular flexibility index (Phi) is 7.72. The molecule has 8 heteroatoms. The van der Waals surface area contributed by atoms with Crippen LogP contribution in [0, 0.1) is 0 Å². The van der Waals surface area contributed by atoms with E-state index in [2.05, 4.69) is 46.6 Å². The Hall–Kier alpha value is -3.78. The normalized spacial score (nSPS) is 16.6. The van der Waals surface area contributed by atoms with Gasteiger partial charge in [0.1, 0.15) is 5.84 Å². The Bertz CT molecular complexity index is 1140. The summed E-state index contributed by atoms with van der Waals surface area (Å²) in [6, 6.07) is 12.8. The molecule has 0 aliphatic carbocycles. The van der Waals surface area contributed by atoms with Crippen LogP contribution in [0.4, 0.5) is 5.69 Å². The summed E-state index contributed by atoms with van der Waals surface area (Å²) in [5.41, 5.74) is 3.35. The molecule has 0 aromatic heterocycles. The standard InChI is InChI=1S/C27H33N5O3/c1-4-31(5-2)16-14-28-27(34)19-8-11-21(12-9-19)30-26-22-7-6-15-32(22)23(18-29-26)20-10-13-24(33)25(17-20)35-3/h6,8-13,15,17-18,22,33H,4-5,7,14,16H2,1-3H3,(H,28,34)(H,29,30). The van der Waals surface area contributed by atoms with Gasteiger partial charge in [-0.25, -0.2) is 4.99 Å². The number of ether oxygens (including phenoxy) is 1. The smallest absolute Gasteiger partial charge is 0.251 e. The number of aliphatic imine (C=N–C) groups is 1. The maximum absolute atomic E-state index is 12.5. The topological polar surface area (TPSA) is 89.4 Å². The van der Waals surface area contributed by atoms with Gasteiger partial charge in [0.2, 0.25) is 0 Å². The number of carbonyl (C=O) groups excluding carboxylic acids is 1. The number of fused-ring (bicyclic) bond motifs is 1. The zero-order chi connectivity index (χ0) is 24.8. The van der Waals surface area contributed by atoms with E-state index in [0.29, 0.717) is 17.9 Å². The van der Waals surface area contributed by atoms with Crippen molar-refractivity contribution in [1.29, 1.82) is 0 Å². The Morgan fingerprint density at radius 1 is 1.20 bits per heavy atom. The van der Waals surface area contributed by atoms with Crippen LogP contribution in [-0.2, 0) is 0 Å². The molecule has 1 amide bonds. The molecule has 3 N–H and O–H groups in total. The number of carbonyl (C=O) groups is 1. The van der Waals surface area contributed by atoms with E-state index in [1.54, 1.807) is 6.07 Å². The maximum Gasteiger partial charge on any atom is 0.251 e. The first-order valence-corrected chi connectivity index (χ1v) is 12.0. The number of hydrogen-bond acceptors (Lipinski definition) is 7. The second-order valence-electron chi connectivity index (χ2n) is 8.44. The zero-order valence-electron chi connectivity index (χ0n) is 20.5. The number of likely N-dealkylation sites (N-methyl/N-ethyl adjacent to an activating group) is 1.